The SMILES string of the molecule is COc1ccc(C/C(=C/C(=O)O)c2ccc(C(F)(F)F)cc2)cc1. The molecule has 0 unspecified atom stereocenters. The molecule has 0 aliphatic heterocycles. The van der Waals surface area contributed by atoms with Gasteiger partial charge in [0.25, 0.3) is 0 Å². The zero-order valence-corrected chi connectivity index (χ0v) is 12.8. The number of carboxylic acid groups (broad SMARTS) is 1. The second-order valence-electron chi connectivity index (χ2n) is 5.11. The topological polar surface area (TPSA) is 46.5 Å². The monoisotopic (exact) mass is 336 g/mol. The number of allylic oxidation sites excluding steroid dienone is 1. The van der Waals surface area contributed by atoms with E-state index in [4.69, 9.17) is 9.84 Å². The van der Waals surface area contributed by atoms with Crippen molar-refractivity contribution in [2.24, 2.45) is 0 Å². The first-order valence-electron chi connectivity index (χ1n) is 7.03. The molecule has 0 aliphatic rings. The first-order chi connectivity index (χ1) is 11.3. The van der Waals surface area contributed by atoms with Crippen LogP contribution in [0.4, 0.5) is 13.2 Å². The van der Waals surface area contributed by atoms with Gasteiger partial charge in [0.1, 0.15) is 5.75 Å². The first-order valence-corrected chi connectivity index (χ1v) is 7.03. The van der Waals surface area contributed by atoms with E-state index in [1.165, 1.54) is 19.2 Å². The second-order valence-corrected chi connectivity index (χ2v) is 5.11. The summed E-state index contributed by atoms with van der Waals surface area (Å²) in [6.07, 6.45) is -3.14. The number of hydrogen-bond acceptors (Lipinski definition) is 2. The summed E-state index contributed by atoms with van der Waals surface area (Å²) >= 11 is 0. The highest BCUT2D eigenvalue weighted by molar-refractivity contribution is 5.90. The van der Waals surface area contributed by atoms with Gasteiger partial charge in [0, 0.05) is 6.08 Å². The summed E-state index contributed by atoms with van der Waals surface area (Å²) < 4.78 is 42.9. The molecule has 0 atom stereocenters. The van der Waals surface area contributed by atoms with E-state index >= 15 is 0 Å². The van der Waals surface area contributed by atoms with E-state index in [-0.39, 0.29) is 6.42 Å². The lowest BCUT2D eigenvalue weighted by molar-refractivity contribution is -0.137. The average molecular weight is 336 g/mol. The molecule has 0 saturated heterocycles. The van der Waals surface area contributed by atoms with Gasteiger partial charge in [-0.05, 0) is 47.4 Å². The van der Waals surface area contributed by atoms with Gasteiger partial charge >= 0.3 is 12.1 Å². The van der Waals surface area contributed by atoms with Crippen molar-refractivity contribution in [2.75, 3.05) is 7.11 Å². The predicted octanol–water partition coefficient (Wildman–Crippen LogP) is 4.42. The molecular weight excluding hydrogens is 321 g/mol. The van der Waals surface area contributed by atoms with Gasteiger partial charge < -0.3 is 9.84 Å². The second kappa shape index (κ2) is 7.21. The molecule has 24 heavy (non-hydrogen) atoms. The first kappa shape index (κ1) is 17.6. The smallest absolute Gasteiger partial charge is 0.416 e. The van der Waals surface area contributed by atoms with Crippen LogP contribution in [0.5, 0.6) is 5.75 Å². The highest BCUT2D eigenvalue weighted by Crippen LogP contribution is 2.30. The van der Waals surface area contributed by atoms with Crippen LogP contribution in [0.2, 0.25) is 0 Å². The number of ether oxygens (including phenoxy) is 1. The third-order valence-electron chi connectivity index (χ3n) is 3.43. The quantitative estimate of drug-likeness (QED) is 0.822. The summed E-state index contributed by atoms with van der Waals surface area (Å²) in [5.41, 5.74) is 0.899. The molecule has 0 heterocycles. The Morgan fingerprint density at radius 2 is 1.67 bits per heavy atom. The van der Waals surface area contributed by atoms with Crippen molar-refractivity contribution in [3.63, 3.8) is 0 Å². The lowest BCUT2D eigenvalue weighted by Crippen LogP contribution is -2.05. The molecule has 3 nitrogen and oxygen atoms in total. The van der Waals surface area contributed by atoms with Crippen molar-refractivity contribution in [1.82, 2.24) is 0 Å². The molecule has 6 heteroatoms. The van der Waals surface area contributed by atoms with Gasteiger partial charge in [-0.2, -0.15) is 13.2 Å². The number of alkyl halides is 3. The van der Waals surface area contributed by atoms with Gasteiger partial charge in [0.2, 0.25) is 0 Å². The van der Waals surface area contributed by atoms with E-state index in [0.29, 0.717) is 16.9 Å². The van der Waals surface area contributed by atoms with E-state index in [2.05, 4.69) is 0 Å². The van der Waals surface area contributed by atoms with Gasteiger partial charge in [-0.1, -0.05) is 24.3 Å². The lowest BCUT2D eigenvalue weighted by atomic mass is 9.96. The van der Waals surface area contributed by atoms with Crippen molar-refractivity contribution < 1.29 is 27.8 Å². The van der Waals surface area contributed by atoms with Gasteiger partial charge in [-0.3, -0.25) is 0 Å². The van der Waals surface area contributed by atoms with Crippen LogP contribution in [0.1, 0.15) is 16.7 Å². The number of carboxylic acids is 1. The normalized spacial score (nSPS) is 12.1. The third-order valence-corrected chi connectivity index (χ3v) is 3.43. The fourth-order valence-corrected chi connectivity index (χ4v) is 2.22. The zero-order chi connectivity index (χ0) is 17.7. The molecule has 0 fully saturated rings. The van der Waals surface area contributed by atoms with Crippen LogP contribution in [0.15, 0.2) is 54.6 Å². The molecule has 126 valence electrons. The Morgan fingerprint density at radius 1 is 1.08 bits per heavy atom. The van der Waals surface area contributed by atoms with Crippen molar-refractivity contribution in [1.29, 1.82) is 0 Å². The van der Waals surface area contributed by atoms with Crippen molar-refractivity contribution in [3.8, 4) is 5.75 Å². The van der Waals surface area contributed by atoms with E-state index in [1.807, 2.05) is 0 Å². The van der Waals surface area contributed by atoms with Crippen LogP contribution in [0.3, 0.4) is 0 Å². The Kier molecular flexibility index (Phi) is 5.28. The Bertz CT molecular complexity index is 730. The minimum atomic E-state index is -4.43. The molecule has 0 spiro atoms. The number of methoxy groups -OCH3 is 1. The Hall–Kier alpha value is -2.76. The molecule has 0 bridgehead atoms. The standard InChI is InChI=1S/C18H15F3O3/c1-24-16-8-2-12(3-9-16)10-14(11-17(22)23)13-4-6-15(7-5-13)18(19,20)21/h2-9,11H,10H2,1H3,(H,22,23)/b14-11-. The maximum atomic E-state index is 12.6. The lowest BCUT2D eigenvalue weighted by Gasteiger charge is -2.11. The summed E-state index contributed by atoms with van der Waals surface area (Å²) in [6.45, 7) is 0. The van der Waals surface area contributed by atoms with E-state index in [0.717, 1.165) is 23.8 Å². The molecule has 0 saturated carbocycles. The Labute approximate surface area is 137 Å². The summed E-state index contributed by atoms with van der Waals surface area (Å²) in [4.78, 5) is 11.0. The summed E-state index contributed by atoms with van der Waals surface area (Å²) in [5.74, 6) is -0.490. The van der Waals surface area contributed by atoms with Crippen LogP contribution in [-0.2, 0) is 17.4 Å². The van der Waals surface area contributed by atoms with Gasteiger partial charge in [-0.25, -0.2) is 4.79 Å². The van der Waals surface area contributed by atoms with Gasteiger partial charge in [0.05, 0.1) is 12.7 Å². The summed E-state index contributed by atoms with van der Waals surface area (Å²) in [5, 5.41) is 9.01. The molecule has 0 amide bonds. The molecule has 0 radical (unpaired) electrons. The number of hydrogen-bond donors (Lipinski definition) is 1. The Balaban J connectivity index is 2.30. The molecule has 1 N–H and O–H groups in total. The van der Waals surface area contributed by atoms with Crippen LogP contribution >= 0.6 is 0 Å². The van der Waals surface area contributed by atoms with E-state index in [1.54, 1.807) is 24.3 Å². The fraction of sp³-hybridized carbons (Fsp3) is 0.167. The molecule has 2 aromatic rings. The largest absolute Gasteiger partial charge is 0.497 e. The zero-order valence-electron chi connectivity index (χ0n) is 12.8. The van der Waals surface area contributed by atoms with Crippen LogP contribution in [0.25, 0.3) is 5.57 Å². The number of benzene rings is 2. The fourth-order valence-electron chi connectivity index (χ4n) is 2.22. The number of aliphatic carboxylic acids is 1. The Morgan fingerprint density at radius 3 is 2.12 bits per heavy atom. The molecular formula is C18H15F3O3. The predicted molar refractivity (Wildman–Crippen MR) is 83.8 cm³/mol. The molecule has 0 aliphatic carbocycles. The van der Waals surface area contributed by atoms with Crippen LogP contribution in [0, 0.1) is 0 Å². The minimum absolute atomic E-state index is 0.279. The van der Waals surface area contributed by atoms with Crippen LogP contribution < -0.4 is 4.74 Å². The highest BCUT2D eigenvalue weighted by atomic mass is 19.4. The number of halogens is 3. The molecule has 0 aromatic heterocycles. The maximum Gasteiger partial charge on any atom is 0.416 e. The van der Waals surface area contributed by atoms with Gasteiger partial charge in [0.15, 0.2) is 0 Å². The molecule has 2 aromatic carbocycles. The molecule has 2 rings (SSSR count). The van der Waals surface area contributed by atoms with Crippen molar-refractivity contribution >= 4 is 11.5 Å². The number of rotatable bonds is 5. The number of carbonyl (C=O) groups is 1. The highest BCUT2D eigenvalue weighted by Gasteiger charge is 2.30. The summed E-state index contributed by atoms with van der Waals surface area (Å²) in [6, 6.07) is 11.5. The minimum Gasteiger partial charge on any atom is -0.497 e. The average Bonchev–Trinajstić information content (AvgIpc) is 2.54. The maximum absolute atomic E-state index is 12.6. The van der Waals surface area contributed by atoms with Crippen LogP contribution in [-0.4, -0.2) is 18.2 Å². The van der Waals surface area contributed by atoms with E-state index < -0.39 is 17.7 Å². The van der Waals surface area contributed by atoms with E-state index in [9.17, 15) is 18.0 Å². The summed E-state index contributed by atoms with van der Waals surface area (Å²) in [7, 11) is 1.53. The van der Waals surface area contributed by atoms with Gasteiger partial charge in [-0.15, -0.1) is 0 Å². The van der Waals surface area contributed by atoms with Crippen molar-refractivity contribution in [3.05, 3.63) is 71.3 Å². The van der Waals surface area contributed by atoms with Crippen molar-refractivity contribution in [2.45, 2.75) is 12.6 Å². The third kappa shape index (κ3) is 4.62.